The molecule has 2 aliphatic rings. The lowest BCUT2D eigenvalue weighted by Crippen LogP contribution is -2.57. The Balaban J connectivity index is 1.78. The summed E-state index contributed by atoms with van der Waals surface area (Å²) in [6.45, 7) is 6.16. The fraction of sp³-hybridized carbons (Fsp3) is 0.941. The average Bonchev–Trinajstić information content (AvgIpc) is 2.45. The van der Waals surface area contributed by atoms with Gasteiger partial charge in [0.25, 0.3) is 0 Å². The third-order valence-corrected chi connectivity index (χ3v) is 5.96. The van der Waals surface area contributed by atoms with Gasteiger partial charge in [-0.05, 0) is 45.6 Å². The first-order valence-electron chi connectivity index (χ1n) is 8.82. The lowest BCUT2D eigenvalue weighted by Gasteiger charge is -2.47. The van der Waals surface area contributed by atoms with Crippen LogP contribution in [0.1, 0.15) is 59.3 Å². The average molecular weight is 311 g/mol. The number of hydrogen-bond acceptors (Lipinski definition) is 3. The predicted octanol–water partition coefficient (Wildman–Crippen LogP) is 2.10. The van der Waals surface area contributed by atoms with E-state index in [1.165, 1.54) is 19.3 Å². The number of rotatable bonds is 5. The highest BCUT2D eigenvalue weighted by molar-refractivity contribution is 5.74. The van der Waals surface area contributed by atoms with Gasteiger partial charge in [-0.3, -0.25) is 0 Å². The molecule has 2 rings (SSSR count). The fourth-order valence-electron chi connectivity index (χ4n) is 3.84. The first kappa shape index (κ1) is 17.5. The van der Waals surface area contributed by atoms with E-state index in [4.69, 9.17) is 0 Å². The highest BCUT2D eigenvalue weighted by atomic mass is 16.3. The van der Waals surface area contributed by atoms with Crippen LogP contribution >= 0.6 is 0 Å². The zero-order chi connectivity index (χ0) is 16.3. The van der Waals surface area contributed by atoms with Crippen LogP contribution in [0.2, 0.25) is 0 Å². The molecule has 0 saturated carbocycles. The largest absolute Gasteiger partial charge is 0.388 e. The van der Waals surface area contributed by atoms with Gasteiger partial charge in [0.05, 0.1) is 5.60 Å². The van der Waals surface area contributed by atoms with Crippen molar-refractivity contribution < 1.29 is 9.90 Å². The molecule has 4 atom stereocenters. The second kappa shape index (κ2) is 7.18. The predicted molar refractivity (Wildman–Crippen MR) is 88.8 cm³/mol. The Morgan fingerprint density at radius 2 is 1.95 bits per heavy atom. The maximum absolute atomic E-state index is 12.1. The molecule has 3 N–H and O–H groups in total. The smallest absolute Gasteiger partial charge is 0.315 e. The number of amides is 2. The quantitative estimate of drug-likeness (QED) is 0.728. The summed E-state index contributed by atoms with van der Waals surface area (Å²) in [5, 5.41) is 16.3. The first-order chi connectivity index (χ1) is 10.3. The molecule has 2 bridgehead atoms. The van der Waals surface area contributed by atoms with Crippen LogP contribution in [0.3, 0.4) is 0 Å². The molecule has 2 fully saturated rings. The van der Waals surface area contributed by atoms with E-state index in [2.05, 4.69) is 29.5 Å². The molecule has 0 aromatic heterocycles. The van der Waals surface area contributed by atoms with Gasteiger partial charge in [-0.1, -0.05) is 26.7 Å². The zero-order valence-corrected chi connectivity index (χ0v) is 14.6. The van der Waals surface area contributed by atoms with E-state index in [1.807, 2.05) is 6.92 Å². The SMILES string of the molecule is CCC(C)C(C)(O)CNC(=O)NC1CC2CCCC(C1)N2C. The van der Waals surface area contributed by atoms with Crippen molar-refractivity contribution in [1.29, 1.82) is 0 Å². The van der Waals surface area contributed by atoms with Crippen LogP contribution in [0.25, 0.3) is 0 Å². The standard InChI is InChI=1S/C17H33N3O2/c1-5-12(2)17(3,22)11-18-16(21)19-13-9-14-7-6-8-15(10-13)20(14)4/h12-15,22H,5-11H2,1-4H3,(H2,18,19,21). The molecule has 22 heavy (non-hydrogen) atoms. The van der Waals surface area contributed by atoms with E-state index in [1.54, 1.807) is 6.92 Å². The van der Waals surface area contributed by atoms with Gasteiger partial charge in [-0.25, -0.2) is 4.79 Å². The van der Waals surface area contributed by atoms with Crippen LogP contribution in [-0.2, 0) is 0 Å². The van der Waals surface area contributed by atoms with E-state index in [-0.39, 0.29) is 18.0 Å². The Morgan fingerprint density at radius 3 is 2.50 bits per heavy atom. The molecule has 0 aromatic carbocycles. The molecule has 0 aliphatic carbocycles. The van der Waals surface area contributed by atoms with Crippen molar-refractivity contribution in [2.24, 2.45) is 5.92 Å². The summed E-state index contributed by atoms with van der Waals surface area (Å²) < 4.78 is 0. The number of aliphatic hydroxyl groups is 1. The van der Waals surface area contributed by atoms with Crippen molar-refractivity contribution in [3.05, 3.63) is 0 Å². The van der Waals surface area contributed by atoms with E-state index in [0.29, 0.717) is 18.6 Å². The maximum atomic E-state index is 12.1. The first-order valence-corrected chi connectivity index (χ1v) is 8.82. The minimum Gasteiger partial charge on any atom is -0.388 e. The second-order valence-electron chi connectivity index (χ2n) is 7.57. The van der Waals surface area contributed by atoms with Crippen LogP contribution < -0.4 is 10.6 Å². The van der Waals surface area contributed by atoms with Gasteiger partial charge in [0.2, 0.25) is 0 Å². The summed E-state index contributed by atoms with van der Waals surface area (Å²) in [5.41, 5.74) is -0.852. The third kappa shape index (κ3) is 4.13. The number of piperidine rings is 2. The molecule has 4 unspecified atom stereocenters. The van der Waals surface area contributed by atoms with Gasteiger partial charge >= 0.3 is 6.03 Å². The Morgan fingerprint density at radius 1 is 1.36 bits per heavy atom. The van der Waals surface area contributed by atoms with Gasteiger partial charge in [-0.15, -0.1) is 0 Å². The van der Waals surface area contributed by atoms with Crippen LogP contribution in [0.4, 0.5) is 4.79 Å². The van der Waals surface area contributed by atoms with E-state index in [9.17, 15) is 9.90 Å². The van der Waals surface area contributed by atoms with Crippen molar-refractivity contribution >= 4 is 6.03 Å². The molecule has 0 radical (unpaired) electrons. The second-order valence-corrected chi connectivity index (χ2v) is 7.57. The monoisotopic (exact) mass is 311 g/mol. The van der Waals surface area contributed by atoms with Gasteiger partial charge in [0.15, 0.2) is 0 Å². The van der Waals surface area contributed by atoms with Crippen molar-refractivity contribution in [2.45, 2.75) is 83.0 Å². The summed E-state index contributed by atoms with van der Waals surface area (Å²) >= 11 is 0. The van der Waals surface area contributed by atoms with E-state index in [0.717, 1.165) is 19.3 Å². The van der Waals surface area contributed by atoms with Crippen molar-refractivity contribution in [2.75, 3.05) is 13.6 Å². The molecule has 5 nitrogen and oxygen atoms in total. The van der Waals surface area contributed by atoms with Crippen LogP contribution in [0.15, 0.2) is 0 Å². The zero-order valence-electron chi connectivity index (χ0n) is 14.6. The van der Waals surface area contributed by atoms with E-state index >= 15 is 0 Å². The summed E-state index contributed by atoms with van der Waals surface area (Å²) in [6, 6.07) is 1.35. The number of urea groups is 1. The van der Waals surface area contributed by atoms with Crippen molar-refractivity contribution in [3.8, 4) is 0 Å². The van der Waals surface area contributed by atoms with Crippen LogP contribution in [-0.4, -0.2) is 53.4 Å². The van der Waals surface area contributed by atoms with E-state index < -0.39 is 5.60 Å². The van der Waals surface area contributed by atoms with Crippen molar-refractivity contribution in [1.82, 2.24) is 15.5 Å². The molecular formula is C17H33N3O2. The minimum atomic E-state index is -0.852. The molecule has 2 saturated heterocycles. The molecule has 2 aliphatic heterocycles. The minimum absolute atomic E-state index is 0.142. The molecule has 2 heterocycles. The normalized spacial score (nSPS) is 32.9. The van der Waals surface area contributed by atoms with Gasteiger partial charge < -0.3 is 20.6 Å². The number of nitrogens with zero attached hydrogens (tertiary/aromatic N) is 1. The Bertz CT molecular complexity index is 372. The highest BCUT2D eigenvalue weighted by Gasteiger charge is 2.36. The number of carbonyl (C=O) groups is 1. The lowest BCUT2D eigenvalue weighted by atomic mass is 9.82. The fourth-order valence-corrected chi connectivity index (χ4v) is 3.84. The summed E-state index contributed by atoms with van der Waals surface area (Å²) in [6.07, 6.45) is 6.79. The maximum Gasteiger partial charge on any atom is 0.315 e. The van der Waals surface area contributed by atoms with Crippen molar-refractivity contribution in [3.63, 3.8) is 0 Å². The molecule has 128 valence electrons. The van der Waals surface area contributed by atoms with Crippen LogP contribution in [0.5, 0.6) is 0 Å². The Kier molecular flexibility index (Phi) is 5.72. The summed E-state index contributed by atoms with van der Waals surface area (Å²) in [4.78, 5) is 14.6. The van der Waals surface area contributed by atoms with Gasteiger partial charge in [-0.2, -0.15) is 0 Å². The molecule has 5 heteroatoms. The molecule has 0 spiro atoms. The summed E-state index contributed by atoms with van der Waals surface area (Å²) in [5.74, 6) is 0.162. The number of nitrogens with one attached hydrogen (secondary N) is 2. The third-order valence-electron chi connectivity index (χ3n) is 5.96. The van der Waals surface area contributed by atoms with Gasteiger partial charge in [0, 0.05) is 24.7 Å². The van der Waals surface area contributed by atoms with Crippen LogP contribution in [0, 0.1) is 5.92 Å². The number of hydrogen-bond donors (Lipinski definition) is 3. The summed E-state index contributed by atoms with van der Waals surface area (Å²) in [7, 11) is 2.22. The Labute approximate surface area is 134 Å². The Hall–Kier alpha value is -0.810. The lowest BCUT2D eigenvalue weighted by molar-refractivity contribution is 0.00743. The van der Waals surface area contributed by atoms with Gasteiger partial charge in [0.1, 0.15) is 0 Å². The molecular weight excluding hydrogens is 278 g/mol. The number of fused-ring (bicyclic) bond motifs is 2. The topological polar surface area (TPSA) is 64.6 Å². The molecule has 2 amide bonds. The number of carbonyl (C=O) groups excluding carboxylic acids is 1. The molecule has 0 aromatic rings. The highest BCUT2D eigenvalue weighted by Crippen LogP contribution is 2.32.